The largest absolute Gasteiger partial charge is 0.503 e. The summed E-state index contributed by atoms with van der Waals surface area (Å²) in [7, 11) is 2.97. The van der Waals surface area contributed by atoms with Crippen molar-refractivity contribution in [2.24, 2.45) is 0 Å². The number of carbonyl (C=O) groups is 2. The van der Waals surface area contributed by atoms with Crippen LogP contribution >= 0.6 is 0 Å². The zero-order valence-corrected chi connectivity index (χ0v) is 18.1. The van der Waals surface area contributed by atoms with E-state index < -0.39 is 29.8 Å². The summed E-state index contributed by atoms with van der Waals surface area (Å²) in [5.74, 6) is -0.873. The number of rotatable bonds is 8. The van der Waals surface area contributed by atoms with Gasteiger partial charge in [-0.2, -0.15) is 0 Å². The Bertz CT molecular complexity index is 914. The second kappa shape index (κ2) is 9.96. The van der Waals surface area contributed by atoms with Crippen molar-refractivity contribution in [1.29, 1.82) is 0 Å². The highest BCUT2D eigenvalue weighted by Gasteiger charge is 2.26. The number of nitrogens with zero attached hydrogens (tertiary/aromatic N) is 1. The Hall–Kier alpha value is -3.29. The van der Waals surface area contributed by atoms with Crippen molar-refractivity contribution < 1.29 is 28.9 Å². The number of methoxy groups -OCH3 is 2. The predicted octanol–water partition coefficient (Wildman–Crippen LogP) is 2.97. The second-order valence-corrected chi connectivity index (χ2v) is 7.06. The number of carbonyl (C=O) groups excluding carboxylic acids is 2. The minimum atomic E-state index is -0.934. The molecule has 1 amide bonds. The molecular formula is C22H28N2O6. The molecule has 1 aromatic heterocycles. The SMILES string of the molecule is COc1ccc([C@H](C)[C@H](C)OC(=O)[C@H](C)NC(=O)c2nccc(OC)c2O)c(C)c1. The lowest BCUT2D eigenvalue weighted by molar-refractivity contribution is -0.151. The van der Waals surface area contributed by atoms with Gasteiger partial charge in [0.1, 0.15) is 17.9 Å². The third-order valence-electron chi connectivity index (χ3n) is 5.00. The van der Waals surface area contributed by atoms with Gasteiger partial charge in [0.2, 0.25) is 0 Å². The number of nitrogens with one attached hydrogen (secondary N) is 1. The number of benzene rings is 1. The van der Waals surface area contributed by atoms with Gasteiger partial charge in [-0.05, 0) is 44.0 Å². The lowest BCUT2D eigenvalue weighted by Gasteiger charge is -2.24. The van der Waals surface area contributed by atoms with Gasteiger partial charge in [-0.1, -0.05) is 13.0 Å². The van der Waals surface area contributed by atoms with E-state index in [0.717, 1.165) is 16.9 Å². The van der Waals surface area contributed by atoms with E-state index in [1.165, 1.54) is 26.3 Å². The molecule has 0 fully saturated rings. The summed E-state index contributed by atoms with van der Waals surface area (Å²) in [5.41, 5.74) is 1.84. The summed E-state index contributed by atoms with van der Waals surface area (Å²) in [6, 6.07) is 6.23. The molecule has 0 spiro atoms. The molecule has 0 unspecified atom stereocenters. The molecule has 0 bridgehead atoms. The summed E-state index contributed by atoms with van der Waals surface area (Å²) >= 11 is 0. The molecule has 3 atom stereocenters. The van der Waals surface area contributed by atoms with Crippen molar-refractivity contribution in [1.82, 2.24) is 10.3 Å². The molecule has 0 saturated heterocycles. The molecule has 0 aliphatic heterocycles. The first-order chi connectivity index (χ1) is 14.2. The molecule has 8 heteroatoms. The van der Waals surface area contributed by atoms with Crippen LogP contribution in [-0.2, 0) is 9.53 Å². The Labute approximate surface area is 176 Å². The second-order valence-electron chi connectivity index (χ2n) is 7.06. The van der Waals surface area contributed by atoms with Crippen LogP contribution in [0.1, 0.15) is 48.3 Å². The zero-order valence-electron chi connectivity index (χ0n) is 18.1. The third-order valence-corrected chi connectivity index (χ3v) is 5.00. The summed E-state index contributed by atoms with van der Waals surface area (Å²) in [6.45, 7) is 7.25. The van der Waals surface area contributed by atoms with E-state index in [2.05, 4.69) is 10.3 Å². The first-order valence-electron chi connectivity index (χ1n) is 9.57. The lowest BCUT2D eigenvalue weighted by atomic mass is 9.92. The molecule has 2 rings (SSSR count). The minimum absolute atomic E-state index is 0.0631. The van der Waals surface area contributed by atoms with Crippen molar-refractivity contribution >= 4 is 11.9 Å². The van der Waals surface area contributed by atoms with Gasteiger partial charge in [0, 0.05) is 18.2 Å². The highest BCUT2D eigenvalue weighted by atomic mass is 16.5. The first-order valence-corrected chi connectivity index (χ1v) is 9.57. The maximum Gasteiger partial charge on any atom is 0.328 e. The van der Waals surface area contributed by atoms with E-state index in [1.54, 1.807) is 14.0 Å². The number of hydrogen-bond donors (Lipinski definition) is 2. The molecule has 162 valence electrons. The zero-order chi connectivity index (χ0) is 22.4. The van der Waals surface area contributed by atoms with Crippen LogP contribution in [0.25, 0.3) is 0 Å². The number of aryl methyl sites for hydroxylation is 1. The van der Waals surface area contributed by atoms with E-state index in [1.807, 2.05) is 32.0 Å². The average Bonchev–Trinajstić information content (AvgIpc) is 2.72. The number of ether oxygens (including phenoxy) is 3. The van der Waals surface area contributed by atoms with Crippen molar-refractivity contribution in [3.8, 4) is 17.2 Å². The molecule has 0 radical (unpaired) electrons. The number of aromatic nitrogens is 1. The molecule has 0 aliphatic rings. The van der Waals surface area contributed by atoms with Crippen molar-refractivity contribution in [3.05, 3.63) is 47.3 Å². The maximum atomic E-state index is 12.5. The number of amides is 1. The highest BCUT2D eigenvalue weighted by molar-refractivity contribution is 5.97. The fourth-order valence-electron chi connectivity index (χ4n) is 3.02. The smallest absolute Gasteiger partial charge is 0.328 e. The topological polar surface area (TPSA) is 107 Å². The fraction of sp³-hybridized carbons (Fsp3) is 0.409. The fourth-order valence-corrected chi connectivity index (χ4v) is 3.02. The molecule has 1 aromatic carbocycles. The molecule has 0 aliphatic carbocycles. The minimum Gasteiger partial charge on any atom is -0.503 e. The van der Waals surface area contributed by atoms with Crippen LogP contribution in [-0.4, -0.2) is 48.3 Å². The van der Waals surface area contributed by atoms with E-state index in [9.17, 15) is 14.7 Å². The van der Waals surface area contributed by atoms with Crippen LogP contribution in [0.4, 0.5) is 0 Å². The number of esters is 1. The van der Waals surface area contributed by atoms with Crippen LogP contribution in [0.5, 0.6) is 17.2 Å². The third kappa shape index (κ3) is 5.20. The Balaban J connectivity index is 2.02. The molecule has 1 heterocycles. The lowest BCUT2D eigenvalue weighted by Crippen LogP contribution is -2.41. The Morgan fingerprint density at radius 2 is 1.80 bits per heavy atom. The monoisotopic (exact) mass is 416 g/mol. The summed E-state index contributed by atoms with van der Waals surface area (Å²) < 4.78 is 15.7. The van der Waals surface area contributed by atoms with Gasteiger partial charge in [-0.25, -0.2) is 9.78 Å². The molecule has 8 nitrogen and oxygen atoms in total. The molecular weight excluding hydrogens is 388 g/mol. The van der Waals surface area contributed by atoms with Gasteiger partial charge < -0.3 is 24.6 Å². The summed E-state index contributed by atoms with van der Waals surface area (Å²) in [4.78, 5) is 28.7. The van der Waals surface area contributed by atoms with Crippen molar-refractivity contribution in [2.75, 3.05) is 14.2 Å². The Kier molecular flexibility index (Phi) is 7.63. The highest BCUT2D eigenvalue weighted by Crippen LogP contribution is 2.28. The standard InChI is InChI=1S/C22H28N2O6/c1-12-11-16(28-5)7-8-17(12)13(2)15(4)30-22(27)14(3)24-21(26)19-20(25)18(29-6)9-10-23-19/h7-11,13-15,25H,1-6H3,(H,24,26)/t13-,14+,15+/m1/s1. The maximum absolute atomic E-state index is 12.5. The van der Waals surface area contributed by atoms with Gasteiger partial charge in [0.05, 0.1) is 14.2 Å². The molecule has 30 heavy (non-hydrogen) atoms. The van der Waals surface area contributed by atoms with Crippen LogP contribution in [0, 0.1) is 6.92 Å². The van der Waals surface area contributed by atoms with E-state index in [0.29, 0.717) is 0 Å². The quantitative estimate of drug-likeness (QED) is 0.637. The van der Waals surface area contributed by atoms with Gasteiger partial charge in [0.25, 0.3) is 5.91 Å². The van der Waals surface area contributed by atoms with Crippen LogP contribution in [0.2, 0.25) is 0 Å². The van der Waals surface area contributed by atoms with Crippen molar-refractivity contribution in [3.63, 3.8) is 0 Å². The van der Waals surface area contributed by atoms with Gasteiger partial charge in [0.15, 0.2) is 17.2 Å². The van der Waals surface area contributed by atoms with E-state index >= 15 is 0 Å². The number of pyridine rings is 1. The Morgan fingerprint density at radius 1 is 1.10 bits per heavy atom. The van der Waals surface area contributed by atoms with Gasteiger partial charge in [-0.3, -0.25) is 4.79 Å². The van der Waals surface area contributed by atoms with Gasteiger partial charge >= 0.3 is 5.97 Å². The normalized spacial score (nSPS) is 13.7. The van der Waals surface area contributed by atoms with Gasteiger partial charge in [-0.15, -0.1) is 0 Å². The Morgan fingerprint density at radius 3 is 2.40 bits per heavy atom. The van der Waals surface area contributed by atoms with Crippen LogP contribution < -0.4 is 14.8 Å². The molecule has 0 saturated carbocycles. The molecule has 2 N–H and O–H groups in total. The predicted molar refractivity (Wildman–Crippen MR) is 111 cm³/mol. The van der Waals surface area contributed by atoms with E-state index in [4.69, 9.17) is 14.2 Å². The van der Waals surface area contributed by atoms with Crippen LogP contribution in [0.3, 0.4) is 0 Å². The number of hydrogen-bond acceptors (Lipinski definition) is 7. The van der Waals surface area contributed by atoms with E-state index in [-0.39, 0.29) is 17.4 Å². The first kappa shape index (κ1) is 23.0. The summed E-state index contributed by atoms with van der Waals surface area (Å²) in [6.07, 6.45) is 0.907. The average molecular weight is 416 g/mol. The van der Waals surface area contributed by atoms with Crippen LogP contribution in [0.15, 0.2) is 30.5 Å². The molecule has 2 aromatic rings. The van der Waals surface area contributed by atoms with Crippen molar-refractivity contribution in [2.45, 2.75) is 45.8 Å². The summed E-state index contributed by atoms with van der Waals surface area (Å²) in [5, 5.41) is 12.5. The number of aromatic hydroxyl groups is 1.